The standard InChI is InChI=1S/C17H23N3O4S/c1-12-16(22)19-5-4-18(6-7-24-2)17(23)14(19)10-20(12)15(21)9-13-3-8-25-11-13/h3,8,11-12,14H,4-7,9-10H2,1-2H3/t12-,14-/m0/s1. The Morgan fingerprint density at radius 1 is 1.32 bits per heavy atom. The maximum Gasteiger partial charge on any atom is 0.247 e. The number of carbonyl (C=O) groups excluding carboxylic acids is 3. The summed E-state index contributed by atoms with van der Waals surface area (Å²) in [4.78, 5) is 43.0. The monoisotopic (exact) mass is 365 g/mol. The Hall–Kier alpha value is -1.93. The first-order valence-electron chi connectivity index (χ1n) is 8.41. The topological polar surface area (TPSA) is 70.2 Å². The quantitative estimate of drug-likeness (QED) is 0.748. The van der Waals surface area contributed by atoms with Crippen molar-refractivity contribution >= 4 is 29.1 Å². The zero-order valence-corrected chi connectivity index (χ0v) is 15.3. The van der Waals surface area contributed by atoms with Crippen molar-refractivity contribution in [2.75, 3.05) is 39.9 Å². The van der Waals surface area contributed by atoms with Crippen molar-refractivity contribution in [1.82, 2.24) is 14.7 Å². The van der Waals surface area contributed by atoms with Crippen LogP contribution in [0, 0.1) is 0 Å². The van der Waals surface area contributed by atoms with Crippen molar-refractivity contribution < 1.29 is 19.1 Å². The summed E-state index contributed by atoms with van der Waals surface area (Å²) in [5.41, 5.74) is 0.939. The van der Waals surface area contributed by atoms with Gasteiger partial charge in [-0.05, 0) is 29.3 Å². The van der Waals surface area contributed by atoms with Crippen LogP contribution in [0.1, 0.15) is 12.5 Å². The molecule has 2 fully saturated rings. The van der Waals surface area contributed by atoms with E-state index in [4.69, 9.17) is 4.74 Å². The highest BCUT2D eigenvalue weighted by Crippen LogP contribution is 2.23. The molecular weight excluding hydrogens is 342 g/mol. The normalized spacial score (nSPS) is 23.8. The minimum Gasteiger partial charge on any atom is -0.383 e. The largest absolute Gasteiger partial charge is 0.383 e. The molecule has 0 saturated carbocycles. The van der Waals surface area contributed by atoms with Gasteiger partial charge in [-0.25, -0.2) is 0 Å². The van der Waals surface area contributed by atoms with Crippen LogP contribution in [0.15, 0.2) is 16.8 Å². The third-order valence-electron chi connectivity index (χ3n) is 4.88. The van der Waals surface area contributed by atoms with Gasteiger partial charge < -0.3 is 19.4 Å². The average Bonchev–Trinajstić information content (AvgIpc) is 3.10. The molecule has 1 aromatic rings. The van der Waals surface area contributed by atoms with Gasteiger partial charge in [-0.2, -0.15) is 11.3 Å². The molecule has 2 atom stereocenters. The van der Waals surface area contributed by atoms with Gasteiger partial charge in [0.15, 0.2) is 0 Å². The summed E-state index contributed by atoms with van der Waals surface area (Å²) in [5, 5.41) is 3.85. The summed E-state index contributed by atoms with van der Waals surface area (Å²) >= 11 is 1.54. The number of nitrogens with zero attached hydrogens (tertiary/aromatic N) is 3. The molecule has 0 bridgehead atoms. The molecule has 136 valence electrons. The van der Waals surface area contributed by atoms with E-state index in [0.717, 1.165) is 5.56 Å². The van der Waals surface area contributed by atoms with Crippen molar-refractivity contribution in [2.45, 2.75) is 25.4 Å². The third kappa shape index (κ3) is 3.55. The van der Waals surface area contributed by atoms with Gasteiger partial charge in [0.2, 0.25) is 17.7 Å². The minimum absolute atomic E-state index is 0.100. The number of fused-ring (bicyclic) bond motifs is 1. The van der Waals surface area contributed by atoms with E-state index in [0.29, 0.717) is 26.2 Å². The molecular formula is C17H23N3O4S. The van der Waals surface area contributed by atoms with Crippen molar-refractivity contribution in [2.24, 2.45) is 0 Å². The summed E-state index contributed by atoms with van der Waals surface area (Å²) < 4.78 is 5.05. The number of carbonyl (C=O) groups is 3. The molecule has 0 aromatic carbocycles. The van der Waals surface area contributed by atoms with Crippen LogP contribution in [0.4, 0.5) is 0 Å². The third-order valence-corrected chi connectivity index (χ3v) is 5.61. The molecule has 0 spiro atoms. The highest BCUT2D eigenvalue weighted by atomic mass is 32.1. The first kappa shape index (κ1) is 17.9. The first-order valence-corrected chi connectivity index (χ1v) is 9.36. The summed E-state index contributed by atoms with van der Waals surface area (Å²) in [7, 11) is 1.59. The Morgan fingerprint density at radius 3 is 2.80 bits per heavy atom. The molecule has 0 N–H and O–H groups in total. The fraction of sp³-hybridized carbons (Fsp3) is 0.588. The SMILES string of the molecule is COCCN1CCN2C(=O)[C@H](C)N(C(=O)Cc3ccsc3)C[C@H]2C1=O. The lowest BCUT2D eigenvalue weighted by Crippen LogP contribution is -2.70. The molecule has 1 aromatic heterocycles. The van der Waals surface area contributed by atoms with E-state index in [9.17, 15) is 14.4 Å². The number of rotatable bonds is 5. The number of hydrogen-bond acceptors (Lipinski definition) is 5. The van der Waals surface area contributed by atoms with Crippen LogP contribution in [-0.2, 0) is 25.5 Å². The Balaban J connectivity index is 1.73. The van der Waals surface area contributed by atoms with Crippen LogP contribution in [-0.4, -0.2) is 84.4 Å². The number of amides is 3. The Labute approximate surface area is 151 Å². The number of hydrogen-bond donors (Lipinski definition) is 0. The van der Waals surface area contributed by atoms with Crippen LogP contribution < -0.4 is 0 Å². The van der Waals surface area contributed by atoms with Gasteiger partial charge in [0.25, 0.3) is 0 Å². The molecule has 25 heavy (non-hydrogen) atoms. The van der Waals surface area contributed by atoms with Gasteiger partial charge in [0, 0.05) is 26.7 Å². The summed E-state index contributed by atoms with van der Waals surface area (Å²) in [6.45, 7) is 4.00. The summed E-state index contributed by atoms with van der Waals surface area (Å²) in [6, 6.07) is 0.797. The van der Waals surface area contributed by atoms with E-state index in [-0.39, 0.29) is 30.7 Å². The molecule has 3 amide bonds. The van der Waals surface area contributed by atoms with E-state index in [1.165, 1.54) is 11.3 Å². The molecule has 2 aliphatic heterocycles. The molecule has 8 heteroatoms. The van der Waals surface area contributed by atoms with Crippen LogP contribution in [0.3, 0.4) is 0 Å². The van der Waals surface area contributed by atoms with Crippen molar-refractivity contribution in [1.29, 1.82) is 0 Å². The van der Waals surface area contributed by atoms with E-state index < -0.39 is 12.1 Å². The molecule has 7 nitrogen and oxygen atoms in total. The van der Waals surface area contributed by atoms with Crippen LogP contribution in [0.5, 0.6) is 0 Å². The molecule has 3 heterocycles. The second-order valence-corrected chi connectivity index (χ2v) is 7.18. The minimum atomic E-state index is -0.583. The van der Waals surface area contributed by atoms with E-state index in [1.54, 1.807) is 28.7 Å². The van der Waals surface area contributed by atoms with Crippen LogP contribution in [0.25, 0.3) is 0 Å². The molecule has 0 unspecified atom stereocenters. The highest BCUT2D eigenvalue weighted by Gasteiger charge is 2.46. The molecule has 0 aliphatic carbocycles. The maximum absolute atomic E-state index is 12.7. The first-order chi connectivity index (χ1) is 12.0. The second-order valence-electron chi connectivity index (χ2n) is 6.40. The number of piperazine rings is 2. The molecule has 0 radical (unpaired) electrons. The van der Waals surface area contributed by atoms with E-state index in [2.05, 4.69) is 0 Å². The Morgan fingerprint density at radius 2 is 2.12 bits per heavy atom. The molecule has 2 aliphatic rings. The van der Waals surface area contributed by atoms with Crippen molar-refractivity contribution in [3.05, 3.63) is 22.4 Å². The number of ether oxygens (including phenoxy) is 1. The fourth-order valence-electron chi connectivity index (χ4n) is 3.41. The predicted molar refractivity (Wildman–Crippen MR) is 93.2 cm³/mol. The average molecular weight is 365 g/mol. The van der Waals surface area contributed by atoms with Crippen LogP contribution >= 0.6 is 11.3 Å². The Kier molecular flexibility index (Phi) is 5.39. The summed E-state index contributed by atoms with van der Waals surface area (Å²) in [5.74, 6) is -0.354. The molecule has 2 saturated heterocycles. The van der Waals surface area contributed by atoms with E-state index in [1.807, 2.05) is 16.8 Å². The highest BCUT2D eigenvalue weighted by molar-refractivity contribution is 7.08. The molecule has 3 rings (SSSR count). The summed E-state index contributed by atoms with van der Waals surface area (Å²) in [6.07, 6.45) is 0.259. The van der Waals surface area contributed by atoms with Gasteiger partial charge in [0.05, 0.1) is 19.6 Å². The van der Waals surface area contributed by atoms with Crippen LogP contribution in [0.2, 0.25) is 0 Å². The van der Waals surface area contributed by atoms with Gasteiger partial charge in [0.1, 0.15) is 12.1 Å². The van der Waals surface area contributed by atoms with Gasteiger partial charge in [-0.3, -0.25) is 14.4 Å². The predicted octanol–water partition coefficient (Wildman–Crippen LogP) is 0.207. The van der Waals surface area contributed by atoms with E-state index >= 15 is 0 Å². The number of methoxy groups -OCH3 is 1. The number of thiophene rings is 1. The lowest BCUT2D eigenvalue weighted by molar-refractivity contribution is -0.165. The lowest BCUT2D eigenvalue weighted by Gasteiger charge is -2.48. The maximum atomic E-state index is 12.7. The fourth-order valence-corrected chi connectivity index (χ4v) is 4.08. The Bertz CT molecular complexity index is 648. The zero-order chi connectivity index (χ0) is 18.0. The van der Waals surface area contributed by atoms with Crippen molar-refractivity contribution in [3.63, 3.8) is 0 Å². The van der Waals surface area contributed by atoms with Gasteiger partial charge in [-0.15, -0.1) is 0 Å². The van der Waals surface area contributed by atoms with Crippen molar-refractivity contribution in [3.8, 4) is 0 Å². The van der Waals surface area contributed by atoms with Gasteiger partial charge in [-0.1, -0.05) is 0 Å². The lowest BCUT2D eigenvalue weighted by atomic mass is 10.0. The van der Waals surface area contributed by atoms with Gasteiger partial charge >= 0.3 is 0 Å². The smallest absolute Gasteiger partial charge is 0.247 e. The zero-order valence-electron chi connectivity index (χ0n) is 14.5. The second kappa shape index (κ2) is 7.53.